The molecule has 0 aliphatic rings. The molecule has 0 unspecified atom stereocenters. The van der Waals surface area contributed by atoms with Crippen LogP contribution in [0.3, 0.4) is 0 Å². The Balaban J connectivity index is 3.38. The second-order valence-corrected chi connectivity index (χ2v) is 4.78. The lowest BCUT2D eigenvalue weighted by Gasteiger charge is -2.17. The van der Waals surface area contributed by atoms with E-state index < -0.39 is 41.8 Å². The van der Waals surface area contributed by atoms with Gasteiger partial charge in [-0.25, -0.2) is 8.78 Å². The molecule has 112 valence electrons. The Hall–Kier alpha value is -1.00. The van der Waals surface area contributed by atoms with Crippen LogP contribution in [0.15, 0.2) is 6.20 Å². The highest BCUT2D eigenvalue weighted by Gasteiger charge is 2.40. The van der Waals surface area contributed by atoms with Gasteiger partial charge in [0.2, 0.25) is 0 Å². The summed E-state index contributed by atoms with van der Waals surface area (Å²) in [6.45, 7) is 1.46. The summed E-state index contributed by atoms with van der Waals surface area (Å²) in [6.07, 6.45) is -8.27. The van der Waals surface area contributed by atoms with Crippen molar-refractivity contribution in [2.45, 2.75) is 25.9 Å². The van der Waals surface area contributed by atoms with E-state index in [0.717, 1.165) is 6.20 Å². The van der Waals surface area contributed by atoms with Gasteiger partial charge in [0, 0.05) is 15.3 Å². The van der Waals surface area contributed by atoms with Crippen LogP contribution in [-0.4, -0.2) is 17.6 Å². The molecule has 0 radical (unpaired) electrons. The van der Waals surface area contributed by atoms with Crippen LogP contribution in [0.2, 0.25) is 0 Å². The van der Waals surface area contributed by atoms with Crippen molar-refractivity contribution in [2.75, 3.05) is 6.61 Å². The monoisotopic (exact) mass is 409 g/mol. The minimum atomic E-state index is -5.03. The number of carbonyl (C=O) groups excluding carboxylic acids is 1. The molecule has 0 N–H and O–H groups in total. The molecule has 0 bridgehead atoms. The molecule has 0 fully saturated rings. The second kappa shape index (κ2) is 6.64. The summed E-state index contributed by atoms with van der Waals surface area (Å²) in [7, 11) is 0. The van der Waals surface area contributed by atoms with Gasteiger partial charge in [0.15, 0.2) is 0 Å². The molecule has 1 heterocycles. The van der Waals surface area contributed by atoms with Crippen LogP contribution in [-0.2, 0) is 22.1 Å². The lowest BCUT2D eigenvalue weighted by atomic mass is 10.0. The van der Waals surface area contributed by atoms with Crippen molar-refractivity contribution >= 4 is 28.6 Å². The van der Waals surface area contributed by atoms with E-state index in [2.05, 4.69) is 9.72 Å². The third-order valence-electron chi connectivity index (χ3n) is 2.27. The number of pyridine rings is 1. The highest BCUT2D eigenvalue weighted by molar-refractivity contribution is 14.1. The van der Waals surface area contributed by atoms with Crippen LogP contribution in [0, 0.1) is 3.57 Å². The number of rotatable bonds is 4. The number of aromatic nitrogens is 1. The number of hydrogen-bond acceptors (Lipinski definition) is 3. The summed E-state index contributed by atoms with van der Waals surface area (Å²) in [4.78, 5) is 14.7. The van der Waals surface area contributed by atoms with Gasteiger partial charge in [-0.05, 0) is 29.5 Å². The lowest BCUT2D eigenvalue weighted by Crippen LogP contribution is -2.19. The van der Waals surface area contributed by atoms with E-state index in [1.807, 2.05) is 0 Å². The van der Waals surface area contributed by atoms with Crippen LogP contribution >= 0.6 is 22.6 Å². The van der Waals surface area contributed by atoms with Gasteiger partial charge in [-0.3, -0.25) is 9.78 Å². The summed E-state index contributed by atoms with van der Waals surface area (Å²) >= 11 is 1.35. The van der Waals surface area contributed by atoms with Crippen LogP contribution in [0.1, 0.15) is 30.2 Å². The first-order valence-corrected chi connectivity index (χ1v) is 6.44. The number of esters is 1. The van der Waals surface area contributed by atoms with Gasteiger partial charge < -0.3 is 4.74 Å². The standard InChI is InChI=1S/C11H9F5INO2/c1-2-20-7(19)3-6-9(11(14,15)16)8(10(12)13)5(17)4-18-6/h4,10H,2-3H2,1H3. The van der Waals surface area contributed by atoms with Crippen molar-refractivity contribution in [1.82, 2.24) is 4.98 Å². The predicted octanol–water partition coefficient (Wildman–Crippen LogP) is 3.75. The minimum absolute atomic E-state index is 0.0216. The summed E-state index contributed by atoms with van der Waals surface area (Å²) in [5.74, 6) is -0.952. The zero-order valence-corrected chi connectivity index (χ0v) is 12.3. The van der Waals surface area contributed by atoms with Crippen molar-refractivity contribution in [2.24, 2.45) is 0 Å². The Morgan fingerprint density at radius 2 is 2.05 bits per heavy atom. The van der Waals surface area contributed by atoms with Gasteiger partial charge in [0.1, 0.15) is 0 Å². The molecular weight excluding hydrogens is 400 g/mol. The van der Waals surface area contributed by atoms with Crippen LogP contribution in [0.4, 0.5) is 22.0 Å². The molecule has 0 aliphatic carbocycles. The van der Waals surface area contributed by atoms with E-state index in [1.165, 1.54) is 29.5 Å². The zero-order chi connectivity index (χ0) is 15.5. The SMILES string of the molecule is CCOC(=O)Cc1ncc(I)c(C(F)F)c1C(F)(F)F. The van der Waals surface area contributed by atoms with Gasteiger partial charge in [0.25, 0.3) is 6.43 Å². The maximum atomic E-state index is 13.0. The van der Waals surface area contributed by atoms with Gasteiger partial charge >= 0.3 is 12.1 Å². The smallest absolute Gasteiger partial charge is 0.418 e. The fraction of sp³-hybridized carbons (Fsp3) is 0.455. The largest absolute Gasteiger partial charge is 0.466 e. The number of alkyl halides is 5. The first-order chi connectivity index (χ1) is 9.18. The van der Waals surface area contributed by atoms with Crippen LogP contribution in [0.25, 0.3) is 0 Å². The third-order valence-corrected chi connectivity index (χ3v) is 3.13. The Labute approximate surface area is 124 Å². The lowest BCUT2D eigenvalue weighted by molar-refractivity contribution is -0.144. The normalized spacial score (nSPS) is 11.8. The highest BCUT2D eigenvalue weighted by atomic mass is 127. The fourth-order valence-corrected chi connectivity index (χ4v) is 2.20. The van der Waals surface area contributed by atoms with Crippen molar-refractivity contribution in [3.63, 3.8) is 0 Å². The van der Waals surface area contributed by atoms with Crippen LogP contribution in [0.5, 0.6) is 0 Å². The number of ether oxygens (including phenoxy) is 1. The third kappa shape index (κ3) is 4.00. The molecule has 20 heavy (non-hydrogen) atoms. The summed E-state index contributed by atoms with van der Waals surface area (Å²) in [5.41, 5.74) is -3.48. The Bertz CT molecular complexity index is 504. The molecule has 0 spiro atoms. The average Bonchev–Trinajstić information content (AvgIpc) is 2.29. The molecular formula is C11H9F5INO2. The maximum absolute atomic E-state index is 13.0. The molecule has 0 saturated carbocycles. The first kappa shape index (κ1) is 17.1. The van der Waals surface area contributed by atoms with E-state index in [0.29, 0.717) is 0 Å². The number of hydrogen-bond donors (Lipinski definition) is 0. The maximum Gasteiger partial charge on any atom is 0.418 e. The summed E-state index contributed by atoms with van der Waals surface area (Å²) in [6, 6.07) is 0. The summed E-state index contributed by atoms with van der Waals surface area (Å²) in [5, 5.41) is 0. The second-order valence-electron chi connectivity index (χ2n) is 3.62. The van der Waals surface area contributed by atoms with Crippen molar-refractivity contribution in [1.29, 1.82) is 0 Å². The predicted molar refractivity (Wildman–Crippen MR) is 67.2 cm³/mol. The zero-order valence-electron chi connectivity index (χ0n) is 10.1. The molecule has 1 aromatic rings. The average molecular weight is 409 g/mol. The molecule has 0 amide bonds. The van der Waals surface area contributed by atoms with Gasteiger partial charge in [-0.2, -0.15) is 13.2 Å². The van der Waals surface area contributed by atoms with Gasteiger partial charge in [-0.1, -0.05) is 0 Å². The summed E-state index contributed by atoms with van der Waals surface area (Å²) < 4.78 is 68.7. The van der Waals surface area contributed by atoms with Crippen molar-refractivity contribution in [3.05, 3.63) is 26.6 Å². The molecule has 0 aliphatic heterocycles. The molecule has 3 nitrogen and oxygen atoms in total. The van der Waals surface area contributed by atoms with E-state index >= 15 is 0 Å². The molecule has 0 atom stereocenters. The van der Waals surface area contributed by atoms with E-state index in [4.69, 9.17) is 0 Å². The Kier molecular flexibility index (Phi) is 5.66. The topological polar surface area (TPSA) is 39.2 Å². The Morgan fingerprint density at radius 1 is 1.45 bits per heavy atom. The van der Waals surface area contributed by atoms with Crippen molar-refractivity contribution < 1.29 is 31.5 Å². The highest BCUT2D eigenvalue weighted by Crippen LogP contribution is 2.40. The number of carbonyl (C=O) groups is 1. The molecule has 0 saturated heterocycles. The van der Waals surface area contributed by atoms with E-state index in [9.17, 15) is 26.7 Å². The van der Waals surface area contributed by atoms with Gasteiger partial charge in [-0.15, -0.1) is 0 Å². The van der Waals surface area contributed by atoms with Crippen molar-refractivity contribution in [3.8, 4) is 0 Å². The molecule has 0 aromatic carbocycles. The van der Waals surface area contributed by atoms with Gasteiger partial charge in [0.05, 0.1) is 24.3 Å². The van der Waals surface area contributed by atoms with E-state index in [1.54, 1.807) is 0 Å². The molecule has 1 rings (SSSR count). The fourth-order valence-electron chi connectivity index (χ4n) is 1.56. The first-order valence-electron chi connectivity index (χ1n) is 5.36. The van der Waals surface area contributed by atoms with Crippen LogP contribution < -0.4 is 0 Å². The molecule has 9 heteroatoms. The molecule has 1 aromatic heterocycles. The quantitative estimate of drug-likeness (QED) is 0.432. The number of nitrogens with zero attached hydrogens (tertiary/aromatic N) is 1. The Morgan fingerprint density at radius 3 is 2.50 bits per heavy atom. The van der Waals surface area contributed by atoms with E-state index in [-0.39, 0.29) is 10.2 Å². The number of halogens is 6. The minimum Gasteiger partial charge on any atom is -0.466 e.